The average Bonchev–Trinajstić information content (AvgIpc) is 2.76. The van der Waals surface area contributed by atoms with Gasteiger partial charge in [-0.2, -0.15) is 0 Å². The molecule has 4 saturated carbocycles. The Hall–Kier alpha value is -0.0400. The van der Waals surface area contributed by atoms with E-state index in [1.165, 1.54) is 57.8 Å². The van der Waals surface area contributed by atoms with Crippen molar-refractivity contribution in [3.05, 3.63) is 0 Å². The molecule has 0 heterocycles. The van der Waals surface area contributed by atoms with Crippen LogP contribution in [0.4, 0.5) is 0 Å². The maximum absolute atomic E-state index is 6.29. The molecule has 4 aliphatic carbocycles. The summed E-state index contributed by atoms with van der Waals surface area (Å²) in [4.78, 5) is 0. The maximum atomic E-state index is 6.29. The molecular formula is C20H35N. The van der Waals surface area contributed by atoms with Crippen molar-refractivity contribution in [3.8, 4) is 0 Å². The second kappa shape index (κ2) is 4.73. The summed E-state index contributed by atoms with van der Waals surface area (Å²) in [6, 6.07) is 0.500. The molecule has 0 unspecified atom stereocenters. The van der Waals surface area contributed by atoms with Crippen molar-refractivity contribution in [1.82, 2.24) is 0 Å². The van der Waals surface area contributed by atoms with Crippen LogP contribution in [-0.4, -0.2) is 6.04 Å². The van der Waals surface area contributed by atoms with Crippen LogP contribution in [0.2, 0.25) is 0 Å². The van der Waals surface area contributed by atoms with E-state index in [0.717, 1.165) is 29.6 Å². The number of hydrogen-bond acceptors (Lipinski definition) is 1. The molecule has 0 aliphatic heterocycles. The van der Waals surface area contributed by atoms with Gasteiger partial charge in [0.15, 0.2) is 0 Å². The van der Waals surface area contributed by atoms with E-state index in [1.807, 2.05) is 0 Å². The lowest BCUT2D eigenvalue weighted by molar-refractivity contribution is -0.111. The summed E-state index contributed by atoms with van der Waals surface area (Å²) >= 11 is 0. The molecule has 8 atom stereocenters. The highest BCUT2D eigenvalue weighted by molar-refractivity contribution is 5.08. The SMILES string of the molecule is C[C@@H]1CC[C@@H]2[C@H]3CC[C@@H]4C[C@H](N)CC[C@@]4(C)[C@@H]3CC[C@@]12C. The third kappa shape index (κ3) is 1.92. The van der Waals surface area contributed by atoms with Gasteiger partial charge in [-0.05, 0) is 98.2 Å². The Morgan fingerprint density at radius 3 is 2.33 bits per heavy atom. The van der Waals surface area contributed by atoms with Crippen LogP contribution in [0.15, 0.2) is 0 Å². The molecule has 0 aromatic rings. The van der Waals surface area contributed by atoms with Crippen LogP contribution >= 0.6 is 0 Å². The van der Waals surface area contributed by atoms with Crippen molar-refractivity contribution in [1.29, 1.82) is 0 Å². The Bertz CT molecular complexity index is 418. The smallest absolute Gasteiger partial charge is 0.00418 e. The van der Waals surface area contributed by atoms with Gasteiger partial charge in [-0.3, -0.25) is 0 Å². The summed E-state index contributed by atoms with van der Waals surface area (Å²) < 4.78 is 0. The zero-order valence-corrected chi connectivity index (χ0v) is 14.4. The van der Waals surface area contributed by atoms with E-state index >= 15 is 0 Å². The fraction of sp³-hybridized carbons (Fsp3) is 1.00. The zero-order valence-electron chi connectivity index (χ0n) is 14.4. The van der Waals surface area contributed by atoms with Crippen molar-refractivity contribution in [2.75, 3.05) is 0 Å². The van der Waals surface area contributed by atoms with Gasteiger partial charge in [0.05, 0.1) is 0 Å². The van der Waals surface area contributed by atoms with Crippen LogP contribution in [0.5, 0.6) is 0 Å². The van der Waals surface area contributed by atoms with Gasteiger partial charge in [0, 0.05) is 6.04 Å². The fourth-order valence-electron chi connectivity index (χ4n) is 7.55. The molecule has 4 fully saturated rings. The highest BCUT2D eigenvalue weighted by atomic mass is 14.7. The molecule has 0 amide bonds. The van der Waals surface area contributed by atoms with E-state index in [4.69, 9.17) is 5.73 Å². The lowest BCUT2D eigenvalue weighted by Gasteiger charge is -2.61. The molecule has 0 aromatic heterocycles. The predicted octanol–water partition coefficient (Wildman–Crippen LogP) is 4.99. The third-order valence-electron chi connectivity index (χ3n) is 9.18. The summed E-state index contributed by atoms with van der Waals surface area (Å²) in [7, 11) is 0. The third-order valence-corrected chi connectivity index (χ3v) is 9.18. The van der Waals surface area contributed by atoms with Crippen molar-refractivity contribution < 1.29 is 0 Å². The Labute approximate surface area is 131 Å². The van der Waals surface area contributed by atoms with Gasteiger partial charge in [-0.25, -0.2) is 0 Å². The Morgan fingerprint density at radius 2 is 1.52 bits per heavy atom. The van der Waals surface area contributed by atoms with E-state index in [9.17, 15) is 0 Å². The quantitative estimate of drug-likeness (QED) is 0.668. The maximum Gasteiger partial charge on any atom is 0.00418 e. The molecule has 0 radical (unpaired) electrons. The molecule has 0 spiro atoms. The Kier molecular flexibility index (Phi) is 3.27. The fourth-order valence-corrected chi connectivity index (χ4v) is 7.55. The van der Waals surface area contributed by atoms with E-state index < -0.39 is 0 Å². The second-order valence-corrected chi connectivity index (χ2v) is 9.71. The molecule has 1 nitrogen and oxygen atoms in total. The minimum absolute atomic E-state index is 0.500. The molecule has 0 saturated heterocycles. The lowest BCUT2D eigenvalue weighted by Crippen LogP contribution is -2.54. The first-order valence-electron chi connectivity index (χ1n) is 9.71. The Balaban J connectivity index is 1.62. The zero-order chi connectivity index (χ0) is 14.8. The summed E-state index contributed by atoms with van der Waals surface area (Å²) in [6.45, 7) is 7.82. The normalized spacial score (nSPS) is 60.0. The van der Waals surface area contributed by atoms with E-state index in [0.29, 0.717) is 16.9 Å². The first-order chi connectivity index (χ1) is 9.95. The van der Waals surface area contributed by atoms with Crippen molar-refractivity contribution in [2.45, 2.75) is 84.6 Å². The van der Waals surface area contributed by atoms with Crippen molar-refractivity contribution in [2.24, 2.45) is 46.2 Å². The van der Waals surface area contributed by atoms with E-state index in [2.05, 4.69) is 20.8 Å². The summed E-state index contributed by atoms with van der Waals surface area (Å²) in [5.74, 6) is 5.01. The first kappa shape index (κ1) is 14.5. The summed E-state index contributed by atoms with van der Waals surface area (Å²) in [5, 5.41) is 0. The van der Waals surface area contributed by atoms with Crippen LogP contribution in [0, 0.1) is 40.4 Å². The monoisotopic (exact) mass is 289 g/mol. The second-order valence-electron chi connectivity index (χ2n) is 9.71. The van der Waals surface area contributed by atoms with Gasteiger partial charge in [0.2, 0.25) is 0 Å². The van der Waals surface area contributed by atoms with Gasteiger partial charge in [0.25, 0.3) is 0 Å². The molecule has 21 heavy (non-hydrogen) atoms. The highest BCUT2D eigenvalue weighted by Gasteiger charge is 2.59. The van der Waals surface area contributed by atoms with Gasteiger partial charge in [-0.1, -0.05) is 20.8 Å². The molecule has 1 heteroatoms. The highest BCUT2D eigenvalue weighted by Crippen LogP contribution is 2.67. The molecule has 4 aliphatic rings. The van der Waals surface area contributed by atoms with Gasteiger partial charge >= 0.3 is 0 Å². The number of hydrogen-bond donors (Lipinski definition) is 1. The van der Waals surface area contributed by atoms with Crippen LogP contribution < -0.4 is 5.73 Å². The van der Waals surface area contributed by atoms with Crippen molar-refractivity contribution >= 4 is 0 Å². The summed E-state index contributed by atoms with van der Waals surface area (Å²) in [6.07, 6.45) is 13.1. The number of fused-ring (bicyclic) bond motifs is 5. The van der Waals surface area contributed by atoms with Gasteiger partial charge < -0.3 is 5.73 Å². The standard InChI is InChI=1S/C20H35N/c1-13-4-7-17-16-6-5-14-12-15(21)8-10-20(14,3)18(16)9-11-19(13,17)2/h13-18H,4-12,21H2,1-3H3/t13-,14-,15-,16-,17-,18-,19+,20-/m1/s1. The molecule has 2 N–H and O–H groups in total. The van der Waals surface area contributed by atoms with E-state index in [-0.39, 0.29) is 0 Å². The molecule has 4 rings (SSSR count). The largest absolute Gasteiger partial charge is 0.328 e. The Morgan fingerprint density at radius 1 is 0.810 bits per heavy atom. The number of rotatable bonds is 0. The molecule has 0 aromatic carbocycles. The molecule has 120 valence electrons. The minimum Gasteiger partial charge on any atom is -0.328 e. The van der Waals surface area contributed by atoms with Gasteiger partial charge in [-0.15, -0.1) is 0 Å². The topological polar surface area (TPSA) is 26.0 Å². The van der Waals surface area contributed by atoms with Crippen molar-refractivity contribution in [3.63, 3.8) is 0 Å². The molecule has 0 bridgehead atoms. The first-order valence-corrected chi connectivity index (χ1v) is 9.71. The predicted molar refractivity (Wildman–Crippen MR) is 88.9 cm³/mol. The van der Waals surface area contributed by atoms with Crippen LogP contribution in [0.3, 0.4) is 0 Å². The lowest BCUT2D eigenvalue weighted by atomic mass is 9.44. The van der Waals surface area contributed by atoms with Crippen LogP contribution in [0.25, 0.3) is 0 Å². The van der Waals surface area contributed by atoms with Crippen LogP contribution in [-0.2, 0) is 0 Å². The average molecular weight is 290 g/mol. The van der Waals surface area contributed by atoms with Gasteiger partial charge in [0.1, 0.15) is 0 Å². The van der Waals surface area contributed by atoms with E-state index in [1.54, 1.807) is 0 Å². The minimum atomic E-state index is 0.500. The summed E-state index contributed by atoms with van der Waals surface area (Å²) in [5.41, 5.74) is 7.60. The molecular weight excluding hydrogens is 254 g/mol. The number of nitrogens with two attached hydrogens (primary N) is 1. The van der Waals surface area contributed by atoms with Crippen LogP contribution in [0.1, 0.15) is 78.6 Å².